The van der Waals surface area contributed by atoms with Gasteiger partial charge in [0.05, 0.1) is 11.6 Å². The highest BCUT2D eigenvalue weighted by Crippen LogP contribution is 2.32. The number of hydrogen-bond acceptors (Lipinski definition) is 3. The van der Waals surface area contributed by atoms with Crippen LogP contribution in [0.3, 0.4) is 0 Å². The molecule has 2 heterocycles. The SMILES string of the molecule is Clc1ccccc1-c1noc2c1CCNC2. The Kier molecular flexibility index (Phi) is 2.42. The van der Waals surface area contributed by atoms with E-state index in [0.717, 1.165) is 41.6 Å². The van der Waals surface area contributed by atoms with Crippen LogP contribution in [0.4, 0.5) is 0 Å². The molecule has 0 aliphatic carbocycles. The highest BCUT2D eigenvalue weighted by atomic mass is 35.5. The number of rotatable bonds is 1. The van der Waals surface area contributed by atoms with E-state index in [4.69, 9.17) is 16.1 Å². The molecule has 0 saturated carbocycles. The van der Waals surface area contributed by atoms with Gasteiger partial charge in [-0.1, -0.05) is 35.0 Å². The summed E-state index contributed by atoms with van der Waals surface area (Å²) in [5.41, 5.74) is 3.03. The average molecular weight is 235 g/mol. The zero-order valence-electron chi connectivity index (χ0n) is 8.66. The van der Waals surface area contributed by atoms with Gasteiger partial charge >= 0.3 is 0 Å². The van der Waals surface area contributed by atoms with Crippen LogP contribution in [0.5, 0.6) is 0 Å². The van der Waals surface area contributed by atoms with Crippen molar-refractivity contribution >= 4 is 11.6 Å². The maximum absolute atomic E-state index is 6.16. The minimum atomic E-state index is 0.720. The third-order valence-corrected chi connectivity index (χ3v) is 3.17. The summed E-state index contributed by atoms with van der Waals surface area (Å²) in [6.07, 6.45) is 0.944. The summed E-state index contributed by atoms with van der Waals surface area (Å²) in [6, 6.07) is 7.73. The van der Waals surface area contributed by atoms with E-state index >= 15 is 0 Å². The number of nitrogens with zero attached hydrogens (tertiary/aromatic N) is 1. The van der Waals surface area contributed by atoms with Crippen molar-refractivity contribution in [3.8, 4) is 11.3 Å². The van der Waals surface area contributed by atoms with Gasteiger partial charge in [0.15, 0.2) is 5.76 Å². The van der Waals surface area contributed by atoms with E-state index < -0.39 is 0 Å². The molecule has 0 spiro atoms. The molecule has 4 heteroatoms. The van der Waals surface area contributed by atoms with Crippen LogP contribution >= 0.6 is 11.6 Å². The fraction of sp³-hybridized carbons (Fsp3) is 0.250. The molecule has 0 atom stereocenters. The standard InChI is InChI=1S/C12H11ClN2O/c13-10-4-2-1-3-8(10)12-9-5-6-14-7-11(9)16-15-12/h1-4,14H,5-7H2. The molecule has 3 nitrogen and oxygen atoms in total. The van der Waals surface area contributed by atoms with Gasteiger partial charge in [0, 0.05) is 11.1 Å². The van der Waals surface area contributed by atoms with Crippen LogP contribution in [0.15, 0.2) is 28.8 Å². The molecule has 1 aliphatic heterocycles. The molecule has 0 amide bonds. The quantitative estimate of drug-likeness (QED) is 0.825. The maximum atomic E-state index is 6.16. The van der Waals surface area contributed by atoms with Gasteiger partial charge in [-0.25, -0.2) is 0 Å². The lowest BCUT2D eigenvalue weighted by molar-refractivity contribution is 0.367. The average Bonchev–Trinajstić information content (AvgIpc) is 2.74. The summed E-state index contributed by atoms with van der Waals surface area (Å²) >= 11 is 6.16. The Morgan fingerprint density at radius 2 is 2.19 bits per heavy atom. The minimum absolute atomic E-state index is 0.720. The van der Waals surface area contributed by atoms with Crippen molar-refractivity contribution in [2.24, 2.45) is 0 Å². The number of hydrogen-bond donors (Lipinski definition) is 1. The lowest BCUT2D eigenvalue weighted by atomic mass is 10.0. The Bertz CT molecular complexity index is 521. The van der Waals surface area contributed by atoms with Crippen molar-refractivity contribution in [3.63, 3.8) is 0 Å². The lowest BCUT2D eigenvalue weighted by Gasteiger charge is -2.11. The third kappa shape index (κ3) is 1.52. The lowest BCUT2D eigenvalue weighted by Crippen LogP contribution is -2.22. The van der Waals surface area contributed by atoms with Crippen LogP contribution in [0.2, 0.25) is 5.02 Å². The van der Waals surface area contributed by atoms with Crippen molar-refractivity contribution in [1.29, 1.82) is 0 Å². The molecule has 0 radical (unpaired) electrons. The highest BCUT2D eigenvalue weighted by Gasteiger charge is 2.21. The molecule has 1 aliphatic rings. The largest absolute Gasteiger partial charge is 0.359 e. The van der Waals surface area contributed by atoms with Gasteiger partial charge in [0.2, 0.25) is 0 Å². The van der Waals surface area contributed by atoms with Crippen molar-refractivity contribution < 1.29 is 4.52 Å². The normalized spacial score (nSPS) is 14.8. The highest BCUT2D eigenvalue weighted by molar-refractivity contribution is 6.33. The second kappa shape index (κ2) is 3.92. The first-order chi connectivity index (χ1) is 7.86. The van der Waals surface area contributed by atoms with Crippen LogP contribution < -0.4 is 5.32 Å². The van der Waals surface area contributed by atoms with Crippen LogP contribution in [-0.2, 0) is 13.0 Å². The Morgan fingerprint density at radius 3 is 3.06 bits per heavy atom. The minimum Gasteiger partial charge on any atom is -0.359 e. The van der Waals surface area contributed by atoms with E-state index in [1.165, 1.54) is 5.56 Å². The first kappa shape index (κ1) is 9.87. The molecule has 3 rings (SSSR count). The molecule has 1 aromatic heterocycles. The van der Waals surface area contributed by atoms with Gasteiger partial charge in [0.25, 0.3) is 0 Å². The molecule has 0 saturated heterocycles. The predicted octanol–water partition coefficient (Wildman–Crippen LogP) is 2.64. The Hall–Kier alpha value is -1.32. The summed E-state index contributed by atoms with van der Waals surface area (Å²) in [4.78, 5) is 0. The molecule has 0 bridgehead atoms. The van der Waals surface area contributed by atoms with E-state index in [1.807, 2.05) is 24.3 Å². The molecule has 2 aromatic rings. The second-order valence-electron chi connectivity index (χ2n) is 3.84. The number of benzene rings is 1. The van der Waals surface area contributed by atoms with Crippen molar-refractivity contribution in [2.75, 3.05) is 6.54 Å². The van der Waals surface area contributed by atoms with Crippen molar-refractivity contribution in [2.45, 2.75) is 13.0 Å². The topological polar surface area (TPSA) is 38.1 Å². The number of fused-ring (bicyclic) bond motifs is 1. The van der Waals surface area contributed by atoms with Crippen LogP contribution in [0.1, 0.15) is 11.3 Å². The predicted molar refractivity (Wildman–Crippen MR) is 62.4 cm³/mol. The maximum Gasteiger partial charge on any atom is 0.154 e. The molecular weight excluding hydrogens is 224 g/mol. The third-order valence-electron chi connectivity index (χ3n) is 2.84. The Morgan fingerprint density at radius 1 is 1.31 bits per heavy atom. The molecule has 0 fully saturated rings. The fourth-order valence-corrected chi connectivity index (χ4v) is 2.25. The van der Waals surface area contributed by atoms with Crippen LogP contribution in [-0.4, -0.2) is 11.7 Å². The zero-order chi connectivity index (χ0) is 11.0. The molecule has 1 aromatic carbocycles. The van der Waals surface area contributed by atoms with E-state index in [2.05, 4.69) is 10.5 Å². The van der Waals surface area contributed by atoms with E-state index in [9.17, 15) is 0 Å². The molecule has 82 valence electrons. The monoisotopic (exact) mass is 234 g/mol. The van der Waals surface area contributed by atoms with Crippen molar-refractivity contribution in [3.05, 3.63) is 40.6 Å². The first-order valence-corrected chi connectivity index (χ1v) is 5.67. The summed E-state index contributed by atoms with van der Waals surface area (Å²) in [5.74, 6) is 0.932. The van der Waals surface area contributed by atoms with Gasteiger partial charge in [-0.05, 0) is 19.0 Å². The fourth-order valence-electron chi connectivity index (χ4n) is 2.02. The molecule has 0 unspecified atom stereocenters. The van der Waals surface area contributed by atoms with E-state index in [1.54, 1.807) is 0 Å². The van der Waals surface area contributed by atoms with Crippen LogP contribution in [0.25, 0.3) is 11.3 Å². The van der Waals surface area contributed by atoms with E-state index in [0.29, 0.717) is 0 Å². The van der Waals surface area contributed by atoms with Gasteiger partial charge in [0.1, 0.15) is 5.69 Å². The van der Waals surface area contributed by atoms with Gasteiger partial charge in [-0.3, -0.25) is 0 Å². The van der Waals surface area contributed by atoms with Gasteiger partial charge in [-0.2, -0.15) is 0 Å². The molecular formula is C12H11ClN2O. The smallest absolute Gasteiger partial charge is 0.154 e. The summed E-state index contributed by atoms with van der Waals surface area (Å²) in [7, 11) is 0. The second-order valence-corrected chi connectivity index (χ2v) is 4.25. The van der Waals surface area contributed by atoms with E-state index in [-0.39, 0.29) is 0 Å². The summed E-state index contributed by atoms with van der Waals surface area (Å²) in [6.45, 7) is 1.72. The molecule has 1 N–H and O–H groups in total. The Balaban J connectivity index is 2.13. The Labute approximate surface area is 98.4 Å². The number of nitrogens with one attached hydrogen (secondary N) is 1. The van der Waals surface area contributed by atoms with Gasteiger partial charge in [-0.15, -0.1) is 0 Å². The first-order valence-electron chi connectivity index (χ1n) is 5.29. The number of halogens is 1. The summed E-state index contributed by atoms with van der Waals surface area (Å²) < 4.78 is 5.33. The van der Waals surface area contributed by atoms with Crippen LogP contribution in [0, 0.1) is 0 Å². The summed E-state index contributed by atoms with van der Waals surface area (Å²) in [5, 5.41) is 8.10. The zero-order valence-corrected chi connectivity index (χ0v) is 9.42. The van der Waals surface area contributed by atoms with Gasteiger partial charge < -0.3 is 9.84 Å². The van der Waals surface area contributed by atoms with Crippen molar-refractivity contribution in [1.82, 2.24) is 10.5 Å². The number of aromatic nitrogens is 1. The molecule has 16 heavy (non-hydrogen) atoms.